The zero-order valence-corrected chi connectivity index (χ0v) is 18.0. The lowest BCUT2D eigenvalue weighted by Gasteiger charge is -2.43. The molecule has 8 heteroatoms. The maximum atomic E-state index is 13.1. The Hall–Kier alpha value is -1.93. The van der Waals surface area contributed by atoms with Crippen molar-refractivity contribution < 1.29 is 13.2 Å². The van der Waals surface area contributed by atoms with Crippen LogP contribution in [0.1, 0.15) is 50.5 Å². The number of likely N-dealkylation sites (tertiary alicyclic amines) is 1. The highest BCUT2D eigenvalue weighted by molar-refractivity contribution is 7.90. The van der Waals surface area contributed by atoms with Crippen LogP contribution in [-0.2, 0) is 14.8 Å². The predicted molar refractivity (Wildman–Crippen MR) is 112 cm³/mol. The molecule has 3 aliphatic rings. The first-order valence-electron chi connectivity index (χ1n) is 10.5. The highest BCUT2D eigenvalue weighted by atomic mass is 32.2. The van der Waals surface area contributed by atoms with Gasteiger partial charge in [0.2, 0.25) is 5.91 Å². The molecular formula is C21H30N4O3S. The number of carbonyl (C=O) groups is 1. The Morgan fingerprint density at radius 2 is 1.93 bits per heavy atom. The van der Waals surface area contributed by atoms with E-state index in [9.17, 15) is 13.2 Å². The Morgan fingerprint density at radius 3 is 2.66 bits per heavy atom. The zero-order chi connectivity index (χ0) is 20.6. The molecule has 0 radical (unpaired) electrons. The Labute approximate surface area is 173 Å². The minimum atomic E-state index is -3.68. The topological polar surface area (TPSA) is 82.1 Å². The lowest BCUT2D eigenvalue weighted by atomic mass is 9.80. The summed E-state index contributed by atoms with van der Waals surface area (Å²) in [6.45, 7) is 1.27. The molecule has 2 aliphatic heterocycles. The number of fused-ring (bicyclic) bond motifs is 1. The van der Waals surface area contributed by atoms with E-state index in [0.29, 0.717) is 30.9 Å². The van der Waals surface area contributed by atoms with Gasteiger partial charge in [-0.25, -0.2) is 0 Å². The van der Waals surface area contributed by atoms with Crippen LogP contribution in [0.3, 0.4) is 0 Å². The van der Waals surface area contributed by atoms with E-state index >= 15 is 0 Å². The number of sulfonamides is 1. The molecule has 1 atom stereocenters. The van der Waals surface area contributed by atoms with E-state index in [2.05, 4.69) is 28.7 Å². The quantitative estimate of drug-likeness (QED) is 0.809. The molecule has 2 fully saturated rings. The van der Waals surface area contributed by atoms with Crippen LogP contribution >= 0.6 is 0 Å². The maximum Gasteiger partial charge on any atom is 0.285 e. The van der Waals surface area contributed by atoms with Crippen molar-refractivity contribution >= 4 is 21.8 Å². The smallest absolute Gasteiger partial charge is 0.285 e. The second-order valence-corrected chi connectivity index (χ2v) is 10.2. The zero-order valence-electron chi connectivity index (χ0n) is 17.2. The third-order valence-corrected chi connectivity index (χ3v) is 8.09. The number of nitrogens with one attached hydrogen (secondary N) is 1. The minimum Gasteiger partial charge on any atom is -0.352 e. The van der Waals surface area contributed by atoms with Crippen LogP contribution in [0, 0.1) is 0 Å². The van der Waals surface area contributed by atoms with Crippen LogP contribution in [0.2, 0.25) is 0 Å². The summed E-state index contributed by atoms with van der Waals surface area (Å²) in [5.41, 5.74) is 0.613. The van der Waals surface area contributed by atoms with E-state index in [1.165, 1.54) is 19.3 Å². The summed E-state index contributed by atoms with van der Waals surface area (Å²) in [6, 6.07) is 6.49. The number of hydrogen-bond donors (Lipinski definition) is 1. The van der Waals surface area contributed by atoms with E-state index in [-0.39, 0.29) is 22.4 Å². The Morgan fingerprint density at radius 1 is 1.21 bits per heavy atom. The van der Waals surface area contributed by atoms with Gasteiger partial charge in [-0.2, -0.15) is 8.42 Å². The van der Waals surface area contributed by atoms with Crippen LogP contribution in [0.4, 0.5) is 0 Å². The van der Waals surface area contributed by atoms with Gasteiger partial charge in [0.05, 0.1) is 0 Å². The lowest BCUT2D eigenvalue weighted by molar-refractivity contribution is -0.125. The van der Waals surface area contributed by atoms with Gasteiger partial charge in [-0.05, 0) is 51.9 Å². The van der Waals surface area contributed by atoms with Crippen LogP contribution < -0.4 is 5.32 Å². The van der Waals surface area contributed by atoms with Gasteiger partial charge in [0.15, 0.2) is 5.84 Å². The van der Waals surface area contributed by atoms with E-state index in [0.717, 1.165) is 19.3 Å². The van der Waals surface area contributed by atoms with Crippen molar-refractivity contribution in [2.75, 3.05) is 27.2 Å². The monoisotopic (exact) mass is 418 g/mol. The molecule has 1 saturated carbocycles. The Balaban J connectivity index is 1.51. The summed E-state index contributed by atoms with van der Waals surface area (Å²) in [5, 5.41) is 3.19. The first-order valence-corrected chi connectivity index (χ1v) is 11.9. The van der Waals surface area contributed by atoms with Gasteiger partial charge < -0.3 is 15.1 Å². The third kappa shape index (κ3) is 3.68. The largest absolute Gasteiger partial charge is 0.352 e. The van der Waals surface area contributed by atoms with Crippen molar-refractivity contribution in [3.05, 3.63) is 29.8 Å². The molecule has 158 valence electrons. The molecule has 0 aromatic heterocycles. The first kappa shape index (κ1) is 20.3. The second kappa shape index (κ2) is 7.72. The number of amidine groups is 1. The third-order valence-electron chi connectivity index (χ3n) is 6.76. The summed E-state index contributed by atoms with van der Waals surface area (Å²) in [4.78, 5) is 17.5. The van der Waals surface area contributed by atoms with Crippen LogP contribution in [0.5, 0.6) is 0 Å². The van der Waals surface area contributed by atoms with Crippen molar-refractivity contribution in [1.82, 2.24) is 15.1 Å². The second-order valence-electron chi connectivity index (χ2n) is 8.63. The average Bonchev–Trinajstić information content (AvgIpc) is 3.30. The van der Waals surface area contributed by atoms with E-state index < -0.39 is 10.0 Å². The molecule has 4 rings (SSSR count). The number of likely N-dealkylation sites (N-methyl/N-ethyl adjacent to an activating group) is 1. The molecular weight excluding hydrogens is 388 g/mol. The van der Waals surface area contributed by atoms with Crippen molar-refractivity contribution in [1.29, 1.82) is 0 Å². The van der Waals surface area contributed by atoms with Gasteiger partial charge in [0.1, 0.15) is 10.9 Å². The van der Waals surface area contributed by atoms with Crippen LogP contribution in [0.15, 0.2) is 33.6 Å². The standard InChI is InChI=1S/C21H30N4O3S/c1-24(2)21(12-6-3-7-13-21)15-22-20(26)17-10-8-14-25(17)19-16-9-4-5-11-18(16)29(27,28)23-19/h4-5,9,11,17H,3,6-8,10,12-15H2,1-2H3,(H,22,26)/t17-/m1/s1. The number of amides is 1. The maximum absolute atomic E-state index is 13.1. The average molecular weight is 419 g/mol. The van der Waals surface area contributed by atoms with E-state index in [1.54, 1.807) is 18.2 Å². The molecule has 1 aliphatic carbocycles. The SMILES string of the molecule is CN(C)C1(CNC(=O)[C@H]2CCCN2C2=NS(=O)(=O)c3ccccc32)CCCCC1. The number of nitrogens with zero attached hydrogens (tertiary/aromatic N) is 3. The highest BCUT2D eigenvalue weighted by Gasteiger charge is 2.40. The van der Waals surface area contributed by atoms with Crippen molar-refractivity contribution in [3.63, 3.8) is 0 Å². The highest BCUT2D eigenvalue weighted by Crippen LogP contribution is 2.33. The van der Waals surface area contributed by atoms with E-state index in [1.807, 2.05) is 11.0 Å². The molecule has 0 unspecified atom stereocenters. The number of rotatable bonds is 4. The Kier molecular flexibility index (Phi) is 5.42. The van der Waals surface area contributed by atoms with Gasteiger partial charge >= 0.3 is 0 Å². The number of hydrogen-bond acceptors (Lipinski definition) is 5. The van der Waals surface area contributed by atoms with Gasteiger partial charge in [0, 0.05) is 24.2 Å². The fourth-order valence-corrected chi connectivity index (χ4v) is 6.17. The van der Waals surface area contributed by atoms with E-state index in [4.69, 9.17) is 0 Å². The summed E-state index contributed by atoms with van der Waals surface area (Å²) in [5.74, 6) is 0.386. The van der Waals surface area contributed by atoms with Crippen molar-refractivity contribution in [2.24, 2.45) is 4.40 Å². The normalized spacial score (nSPS) is 25.0. The first-order chi connectivity index (χ1) is 13.8. The summed E-state index contributed by atoms with van der Waals surface area (Å²) in [7, 11) is 0.499. The lowest BCUT2D eigenvalue weighted by Crippen LogP contribution is -2.56. The summed E-state index contributed by atoms with van der Waals surface area (Å²) >= 11 is 0. The fourth-order valence-electron chi connectivity index (χ4n) is 4.95. The fraction of sp³-hybridized carbons (Fsp3) is 0.619. The molecule has 1 amide bonds. The van der Waals surface area contributed by atoms with Gasteiger partial charge in [0.25, 0.3) is 10.0 Å². The van der Waals surface area contributed by atoms with Crippen LogP contribution in [0.25, 0.3) is 0 Å². The minimum absolute atomic E-state index is 0.0121. The molecule has 1 aromatic carbocycles. The number of benzene rings is 1. The molecule has 1 N–H and O–H groups in total. The Bertz CT molecular complexity index is 920. The van der Waals surface area contributed by atoms with Gasteiger partial charge in [-0.15, -0.1) is 4.40 Å². The summed E-state index contributed by atoms with van der Waals surface area (Å²) < 4.78 is 28.9. The molecule has 0 bridgehead atoms. The van der Waals surface area contributed by atoms with Crippen molar-refractivity contribution in [3.8, 4) is 0 Å². The van der Waals surface area contributed by atoms with Gasteiger partial charge in [-0.1, -0.05) is 31.4 Å². The predicted octanol–water partition coefficient (Wildman–Crippen LogP) is 1.98. The van der Waals surface area contributed by atoms with Crippen LogP contribution in [-0.4, -0.2) is 68.7 Å². The molecule has 29 heavy (non-hydrogen) atoms. The molecule has 1 aromatic rings. The molecule has 0 spiro atoms. The number of carbonyl (C=O) groups excluding carboxylic acids is 1. The van der Waals surface area contributed by atoms with Gasteiger partial charge in [-0.3, -0.25) is 4.79 Å². The molecule has 7 nitrogen and oxygen atoms in total. The summed E-state index contributed by atoms with van der Waals surface area (Å²) in [6.07, 6.45) is 7.37. The van der Waals surface area contributed by atoms with Crippen molar-refractivity contribution in [2.45, 2.75) is 61.4 Å². The molecule has 2 heterocycles. The molecule has 1 saturated heterocycles.